The number of ether oxygens (including phenoxy) is 1. The first-order chi connectivity index (χ1) is 16.4. The number of hydrogen-bond acceptors (Lipinski definition) is 6. The van der Waals surface area contributed by atoms with Gasteiger partial charge in [-0.25, -0.2) is 4.98 Å². The van der Waals surface area contributed by atoms with E-state index in [0.717, 1.165) is 29.2 Å². The molecule has 2 aromatic carbocycles. The Labute approximate surface area is 203 Å². The Hall–Kier alpha value is -3.10. The number of aromatic nitrogens is 2. The zero-order valence-corrected chi connectivity index (χ0v) is 20.6. The van der Waals surface area contributed by atoms with Crippen LogP contribution in [0.25, 0.3) is 0 Å². The van der Waals surface area contributed by atoms with Gasteiger partial charge in [-0.2, -0.15) is 0 Å². The van der Waals surface area contributed by atoms with Crippen LogP contribution in [0, 0.1) is 0 Å². The van der Waals surface area contributed by atoms with E-state index in [1.165, 1.54) is 17.3 Å². The lowest BCUT2D eigenvalue weighted by atomic mass is 10.0. The second kappa shape index (κ2) is 10.9. The number of anilines is 1. The molecule has 0 fully saturated rings. The van der Waals surface area contributed by atoms with Crippen LogP contribution in [0.1, 0.15) is 42.1 Å². The second-order valence-corrected chi connectivity index (χ2v) is 9.65. The lowest BCUT2D eigenvalue weighted by molar-refractivity contribution is -0.113. The molecule has 0 saturated carbocycles. The number of carbonyl (C=O) groups excluding carboxylic acids is 1. The molecule has 0 radical (unpaired) electrons. The quantitative estimate of drug-likeness (QED) is 0.373. The monoisotopic (exact) mass is 478 g/mol. The molecule has 1 amide bonds. The van der Waals surface area contributed by atoms with Crippen molar-refractivity contribution in [3.8, 4) is 5.75 Å². The average molecular weight is 479 g/mol. The Balaban J connectivity index is 1.35. The Morgan fingerprint density at radius 3 is 2.71 bits per heavy atom. The van der Waals surface area contributed by atoms with Crippen molar-refractivity contribution < 1.29 is 9.53 Å². The van der Waals surface area contributed by atoms with Crippen molar-refractivity contribution in [1.29, 1.82) is 0 Å². The van der Waals surface area contributed by atoms with Gasteiger partial charge in [0.25, 0.3) is 5.56 Å². The van der Waals surface area contributed by atoms with E-state index in [4.69, 9.17) is 4.74 Å². The van der Waals surface area contributed by atoms with Crippen LogP contribution in [0.15, 0.2) is 58.5 Å². The highest BCUT2D eigenvalue weighted by molar-refractivity contribution is 7.99. The van der Waals surface area contributed by atoms with Gasteiger partial charge >= 0.3 is 0 Å². The fourth-order valence-electron chi connectivity index (χ4n) is 4.02. The minimum atomic E-state index is -0.137. The average Bonchev–Trinajstić information content (AvgIpc) is 2.84. The molecule has 7 nitrogen and oxygen atoms in total. The zero-order valence-electron chi connectivity index (χ0n) is 19.8. The van der Waals surface area contributed by atoms with Gasteiger partial charge < -0.3 is 15.0 Å². The molecular formula is C26H30N4O3S. The number of nitrogens with one attached hydrogen (secondary N) is 2. The molecule has 0 unspecified atom stereocenters. The first-order valence-corrected chi connectivity index (χ1v) is 12.4. The van der Waals surface area contributed by atoms with Gasteiger partial charge in [-0.3, -0.25) is 14.5 Å². The fraction of sp³-hybridized carbons (Fsp3) is 0.346. The van der Waals surface area contributed by atoms with Gasteiger partial charge in [0.05, 0.1) is 24.1 Å². The zero-order chi connectivity index (χ0) is 24.1. The summed E-state index contributed by atoms with van der Waals surface area (Å²) < 4.78 is 5.45. The minimum Gasteiger partial charge on any atom is -0.496 e. The first-order valence-electron chi connectivity index (χ1n) is 11.4. The van der Waals surface area contributed by atoms with Gasteiger partial charge in [0, 0.05) is 37.3 Å². The van der Waals surface area contributed by atoms with E-state index in [0.29, 0.717) is 36.1 Å². The van der Waals surface area contributed by atoms with Gasteiger partial charge in [0.2, 0.25) is 5.91 Å². The summed E-state index contributed by atoms with van der Waals surface area (Å²) in [7, 11) is 1.67. The summed E-state index contributed by atoms with van der Waals surface area (Å²) in [4.78, 5) is 34.9. The number of benzene rings is 2. The normalized spacial score (nSPS) is 13.5. The molecule has 8 heteroatoms. The van der Waals surface area contributed by atoms with Gasteiger partial charge in [-0.05, 0) is 29.7 Å². The highest BCUT2D eigenvalue weighted by Crippen LogP contribution is 2.24. The van der Waals surface area contributed by atoms with Crippen molar-refractivity contribution >= 4 is 23.4 Å². The molecule has 0 atom stereocenters. The summed E-state index contributed by atoms with van der Waals surface area (Å²) in [5.41, 5.74) is 4.45. The van der Waals surface area contributed by atoms with Crippen LogP contribution in [0.5, 0.6) is 5.75 Å². The SMILES string of the molecule is COc1ccccc1CN1CCc2nc(SCC(=O)Nc3ccc(C(C)C)cc3)[nH]c(=O)c2C1. The lowest BCUT2D eigenvalue weighted by Gasteiger charge is -2.28. The number of fused-ring (bicyclic) bond motifs is 1. The highest BCUT2D eigenvalue weighted by Gasteiger charge is 2.22. The molecular weight excluding hydrogens is 448 g/mol. The first kappa shape index (κ1) is 24.0. The number of methoxy groups -OCH3 is 1. The van der Waals surface area contributed by atoms with Crippen LogP contribution in [-0.4, -0.2) is 40.2 Å². The minimum absolute atomic E-state index is 0.134. The second-order valence-electron chi connectivity index (χ2n) is 8.68. The van der Waals surface area contributed by atoms with Crippen LogP contribution in [0.2, 0.25) is 0 Å². The van der Waals surface area contributed by atoms with Gasteiger partial charge in [-0.1, -0.05) is 55.9 Å². The van der Waals surface area contributed by atoms with Crippen molar-refractivity contribution in [2.75, 3.05) is 24.7 Å². The maximum atomic E-state index is 12.8. The van der Waals surface area contributed by atoms with Crippen molar-refractivity contribution in [1.82, 2.24) is 14.9 Å². The van der Waals surface area contributed by atoms with Gasteiger partial charge in [0.15, 0.2) is 5.16 Å². The number of thioether (sulfide) groups is 1. The molecule has 0 spiro atoms. The molecule has 0 bridgehead atoms. The molecule has 2 heterocycles. The van der Waals surface area contributed by atoms with E-state index in [1.54, 1.807) is 7.11 Å². The number of rotatable bonds is 8. The maximum Gasteiger partial charge on any atom is 0.256 e. The lowest BCUT2D eigenvalue weighted by Crippen LogP contribution is -2.35. The van der Waals surface area contributed by atoms with Crippen molar-refractivity contribution in [3.05, 3.63) is 81.3 Å². The number of amides is 1. The van der Waals surface area contributed by atoms with Crippen molar-refractivity contribution in [2.24, 2.45) is 0 Å². The molecule has 1 aliphatic rings. The smallest absolute Gasteiger partial charge is 0.256 e. The molecule has 34 heavy (non-hydrogen) atoms. The largest absolute Gasteiger partial charge is 0.496 e. The summed E-state index contributed by atoms with van der Waals surface area (Å²) in [6, 6.07) is 15.8. The molecule has 178 valence electrons. The van der Waals surface area contributed by atoms with Gasteiger partial charge in [-0.15, -0.1) is 0 Å². The molecule has 3 aromatic rings. The summed E-state index contributed by atoms with van der Waals surface area (Å²) in [5, 5.41) is 3.38. The Morgan fingerprint density at radius 2 is 1.97 bits per heavy atom. The number of carbonyl (C=O) groups is 1. The summed E-state index contributed by atoms with van der Waals surface area (Å²) in [5.74, 6) is 1.33. The van der Waals surface area contributed by atoms with Crippen LogP contribution >= 0.6 is 11.8 Å². The Morgan fingerprint density at radius 1 is 1.21 bits per heavy atom. The molecule has 0 saturated heterocycles. The van der Waals surface area contributed by atoms with Crippen LogP contribution in [0.3, 0.4) is 0 Å². The third kappa shape index (κ3) is 5.87. The fourth-order valence-corrected chi connectivity index (χ4v) is 4.70. The molecule has 1 aromatic heterocycles. The number of para-hydroxylation sites is 1. The number of aromatic amines is 1. The summed E-state index contributed by atoms with van der Waals surface area (Å²) >= 11 is 1.24. The third-order valence-corrected chi connectivity index (χ3v) is 6.79. The third-order valence-electron chi connectivity index (χ3n) is 5.91. The summed E-state index contributed by atoms with van der Waals surface area (Å²) in [6.07, 6.45) is 0.691. The maximum absolute atomic E-state index is 12.8. The van der Waals surface area contributed by atoms with E-state index in [1.807, 2.05) is 48.5 Å². The number of hydrogen-bond donors (Lipinski definition) is 2. The van der Waals surface area contributed by atoms with Crippen molar-refractivity contribution in [3.63, 3.8) is 0 Å². The van der Waals surface area contributed by atoms with E-state index in [-0.39, 0.29) is 17.2 Å². The van der Waals surface area contributed by atoms with E-state index >= 15 is 0 Å². The van der Waals surface area contributed by atoms with E-state index in [9.17, 15) is 9.59 Å². The molecule has 1 aliphatic heterocycles. The van der Waals surface area contributed by atoms with E-state index in [2.05, 4.69) is 34.0 Å². The number of H-pyrrole nitrogens is 1. The van der Waals surface area contributed by atoms with Crippen molar-refractivity contribution in [2.45, 2.75) is 44.4 Å². The Bertz CT molecular complexity index is 1210. The van der Waals surface area contributed by atoms with Crippen LogP contribution in [0.4, 0.5) is 5.69 Å². The number of nitrogens with zero attached hydrogens (tertiary/aromatic N) is 2. The molecule has 2 N–H and O–H groups in total. The predicted molar refractivity (Wildman–Crippen MR) is 136 cm³/mol. The van der Waals surface area contributed by atoms with Gasteiger partial charge in [0.1, 0.15) is 5.75 Å². The molecule has 4 rings (SSSR count). The Kier molecular flexibility index (Phi) is 7.70. The summed E-state index contributed by atoms with van der Waals surface area (Å²) in [6.45, 7) is 6.31. The standard InChI is InChI=1S/C26H30N4O3S/c1-17(2)18-8-10-20(11-9-18)27-24(31)16-34-26-28-22-12-13-30(15-21(22)25(32)29-26)14-19-6-4-5-7-23(19)33-3/h4-11,17H,12-16H2,1-3H3,(H,27,31)(H,28,29,32). The van der Waals surface area contributed by atoms with E-state index < -0.39 is 0 Å². The molecule has 0 aliphatic carbocycles. The highest BCUT2D eigenvalue weighted by atomic mass is 32.2. The topological polar surface area (TPSA) is 87.3 Å². The van der Waals surface area contributed by atoms with Crippen LogP contribution < -0.4 is 15.6 Å². The van der Waals surface area contributed by atoms with Crippen LogP contribution in [-0.2, 0) is 24.3 Å². The predicted octanol–water partition coefficient (Wildman–Crippen LogP) is 4.19.